The number of carboxylic acids is 1. The molecular weight excluding hydrogens is 306 g/mol. The third-order valence-corrected chi connectivity index (χ3v) is 5.66. The Balaban J connectivity index is 1.84. The Morgan fingerprint density at radius 2 is 2.32 bits per heavy atom. The van der Waals surface area contributed by atoms with Crippen LogP contribution in [-0.4, -0.2) is 50.3 Å². The minimum Gasteiger partial charge on any atom is -0.480 e. The van der Waals surface area contributed by atoms with Crippen LogP contribution in [0.15, 0.2) is 28.9 Å². The van der Waals surface area contributed by atoms with Gasteiger partial charge >= 0.3 is 5.97 Å². The second-order valence-corrected chi connectivity index (χ2v) is 6.77. The van der Waals surface area contributed by atoms with Crippen LogP contribution in [0.3, 0.4) is 0 Å². The quantitative estimate of drug-likeness (QED) is 0.796. The smallest absolute Gasteiger partial charge is 0.327 e. The standard InChI is InChI=1S/C15H17NO5S/c1-8(10-3-2-6-21-10)7-11-12(15(19)20)16-13(18)9(4-5-17)14(16)22-11/h2-3,6-7,9,11-12,14,17H,4-5H2,1H3,(H,19,20)/t9-,11?,12?,14?/m0/s1. The summed E-state index contributed by atoms with van der Waals surface area (Å²) in [6.45, 7) is 1.80. The van der Waals surface area contributed by atoms with Crippen molar-refractivity contribution >= 4 is 29.2 Å². The maximum atomic E-state index is 12.1. The maximum absolute atomic E-state index is 12.1. The van der Waals surface area contributed by atoms with E-state index >= 15 is 0 Å². The highest BCUT2D eigenvalue weighted by Gasteiger charge is 2.59. The molecule has 0 spiro atoms. The normalized spacial score (nSPS) is 31.1. The van der Waals surface area contributed by atoms with E-state index in [1.807, 2.05) is 19.1 Å². The molecule has 1 aromatic heterocycles. The van der Waals surface area contributed by atoms with Gasteiger partial charge < -0.3 is 19.5 Å². The molecule has 3 rings (SSSR count). The van der Waals surface area contributed by atoms with Gasteiger partial charge in [0.25, 0.3) is 0 Å². The first-order valence-electron chi connectivity index (χ1n) is 7.08. The fraction of sp³-hybridized carbons (Fsp3) is 0.467. The number of thioether (sulfide) groups is 1. The van der Waals surface area contributed by atoms with E-state index in [4.69, 9.17) is 9.52 Å². The topological polar surface area (TPSA) is 91.0 Å². The van der Waals surface area contributed by atoms with E-state index in [0.717, 1.165) is 5.57 Å². The molecule has 3 unspecified atom stereocenters. The molecule has 118 valence electrons. The number of aliphatic hydroxyl groups excluding tert-OH is 1. The first-order valence-corrected chi connectivity index (χ1v) is 8.02. The Hall–Kier alpha value is -1.73. The number of carboxylic acid groups (broad SMARTS) is 1. The van der Waals surface area contributed by atoms with Crippen molar-refractivity contribution in [3.8, 4) is 0 Å². The summed E-state index contributed by atoms with van der Waals surface area (Å²) in [6.07, 6.45) is 3.80. The van der Waals surface area contributed by atoms with Crippen LogP contribution in [0.5, 0.6) is 0 Å². The molecule has 0 aliphatic carbocycles. The van der Waals surface area contributed by atoms with Crippen LogP contribution in [0.1, 0.15) is 19.1 Å². The van der Waals surface area contributed by atoms with Crippen molar-refractivity contribution in [2.24, 2.45) is 5.92 Å². The van der Waals surface area contributed by atoms with E-state index in [2.05, 4.69) is 0 Å². The van der Waals surface area contributed by atoms with Crippen LogP contribution in [0, 0.1) is 5.92 Å². The molecule has 0 radical (unpaired) electrons. The van der Waals surface area contributed by atoms with Gasteiger partial charge in [-0.25, -0.2) is 4.79 Å². The van der Waals surface area contributed by atoms with Crippen LogP contribution in [0.2, 0.25) is 0 Å². The summed E-state index contributed by atoms with van der Waals surface area (Å²) in [5, 5.41) is 18.0. The summed E-state index contributed by atoms with van der Waals surface area (Å²) in [5.74, 6) is -0.763. The van der Waals surface area contributed by atoms with Gasteiger partial charge in [-0.1, -0.05) is 6.08 Å². The number of rotatable bonds is 5. The summed E-state index contributed by atoms with van der Waals surface area (Å²) in [5.41, 5.74) is 0.849. The van der Waals surface area contributed by atoms with Gasteiger partial charge in [0.1, 0.15) is 11.8 Å². The highest BCUT2D eigenvalue weighted by atomic mass is 32.2. The van der Waals surface area contributed by atoms with E-state index in [1.165, 1.54) is 16.7 Å². The van der Waals surface area contributed by atoms with Gasteiger partial charge in [0.2, 0.25) is 5.91 Å². The average Bonchev–Trinajstić information content (AvgIpc) is 3.11. The molecule has 2 aliphatic heterocycles. The van der Waals surface area contributed by atoms with E-state index in [9.17, 15) is 14.7 Å². The number of nitrogens with zero attached hydrogens (tertiary/aromatic N) is 1. The Kier molecular flexibility index (Phi) is 4.01. The molecular formula is C15H17NO5S. The number of fused-ring (bicyclic) bond motifs is 1. The molecule has 2 N–H and O–H groups in total. The second kappa shape index (κ2) is 5.81. The highest BCUT2D eigenvalue weighted by Crippen LogP contribution is 2.49. The molecule has 2 fully saturated rings. The summed E-state index contributed by atoms with van der Waals surface area (Å²) >= 11 is 1.47. The lowest BCUT2D eigenvalue weighted by Gasteiger charge is -2.43. The Morgan fingerprint density at radius 3 is 2.91 bits per heavy atom. The van der Waals surface area contributed by atoms with Crippen LogP contribution in [0.25, 0.3) is 5.57 Å². The fourth-order valence-electron chi connectivity index (χ4n) is 3.03. The number of hydrogen-bond donors (Lipinski definition) is 2. The zero-order chi connectivity index (χ0) is 15.9. The molecule has 1 amide bonds. The predicted molar refractivity (Wildman–Crippen MR) is 81.0 cm³/mol. The first-order chi connectivity index (χ1) is 10.5. The van der Waals surface area contributed by atoms with E-state index in [-0.39, 0.29) is 29.1 Å². The molecule has 0 aromatic carbocycles. The molecule has 7 heteroatoms. The zero-order valence-corrected chi connectivity index (χ0v) is 12.8. The number of carbonyl (C=O) groups is 2. The molecule has 2 aliphatic rings. The molecule has 1 aromatic rings. The predicted octanol–water partition coefficient (Wildman–Crippen LogP) is 1.42. The van der Waals surface area contributed by atoms with Gasteiger partial charge in [0.15, 0.2) is 0 Å². The van der Waals surface area contributed by atoms with Gasteiger partial charge in [-0.3, -0.25) is 4.79 Å². The Morgan fingerprint density at radius 1 is 1.55 bits per heavy atom. The van der Waals surface area contributed by atoms with Crippen LogP contribution >= 0.6 is 11.8 Å². The van der Waals surface area contributed by atoms with Crippen LogP contribution < -0.4 is 0 Å². The van der Waals surface area contributed by atoms with Crippen molar-refractivity contribution < 1.29 is 24.2 Å². The summed E-state index contributed by atoms with van der Waals surface area (Å²) in [4.78, 5) is 25.1. The molecule has 2 saturated heterocycles. The maximum Gasteiger partial charge on any atom is 0.327 e. The van der Waals surface area contributed by atoms with Gasteiger partial charge in [0.05, 0.1) is 22.8 Å². The number of hydrogen-bond acceptors (Lipinski definition) is 5. The lowest BCUT2D eigenvalue weighted by Crippen LogP contribution is -2.61. The van der Waals surface area contributed by atoms with Crippen molar-refractivity contribution in [2.45, 2.75) is 30.0 Å². The highest BCUT2D eigenvalue weighted by molar-refractivity contribution is 8.01. The number of carbonyl (C=O) groups excluding carboxylic acids is 1. The summed E-state index contributed by atoms with van der Waals surface area (Å²) in [7, 11) is 0. The number of amides is 1. The monoisotopic (exact) mass is 323 g/mol. The van der Waals surface area contributed by atoms with E-state index in [0.29, 0.717) is 12.2 Å². The van der Waals surface area contributed by atoms with Crippen LogP contribution in [-0.2, 0) is 9.59 Å². The molecule has 0 saturated carbocycles. The average molecular weight is 323 g/mol. The van der Waals surface area contributed by atoms with Gasteiger partial charge in [-0.05, 0) is 31.1 Å². The third-order valence-electron chi connectivity index (χ3n) is 4.11. The lowest BCUT2D eigenvalue weighted by atomic mass is 9.92. The van der Waals surface area contributed by atoms with Crippen molar-refractivity contribution in [3.63, 3.8) is 0 Å². The number of β-lactam (4-membered cyclic amide) rings is 1. The largest absolute Gasteiger partial charge is 0.480 e. The van der Waals surface area contributed by atoms with Gasteiger partial charge in [-0.15, -0.1) is 11.8 Å². The minimum atomic E-state index is -1.00. The molecule has 0 bridgehead atoms. The number of aliphatic hydroxyl groups is 1. The molecule has 4 atom stereocenters. The number of allylic oxidation sites excluding steroid dienone is 1. The molecule has 6 nitrogen and oxygen atoms in total. The first kappa shape index (κ1) is 15.2. The van der Waals surface area contributed by atoms with Crippen molar-refractivity contribution in [2.75, 3.05) is 6.61 Å². The second-order valence-electron chi connectivity index (χ2n) is 5.47. The number of aliphatic carboxylic acids is 1. The fourth-order valence-corrected chi connectivity index (χ4v) is 4.84. The molecule has 22 heavy (non-hydrogen) atoms. The minimum absolute atomic E-state index is 0.0645. The van der Waals surface area contributed by atoms with Crippen molar-refractivity contribution in [1.82, 2.24) is 4.90 Å². The van der Waals surface area contributed by atoms with Gasteiger partial charge in [0, 0.05) is 6.61 Å². The lowest BCUT2D eigenvalue weighted by molar-refractivity contribution is -0.162. The Labute approximate surface area is 131 Å². The summed E-state index contributed by atoms with van der Waals surface area (Å²) in [6, 6.07) is 2.73. The SMILES string of the molecule is CC(=CC1SC2[C@@H](CCO)C(=O)N2C1C(=O)O)c1ccco1. The molecule has 3 heterocycles. The van der Waals surface area contributed by atoms with Crippen LogP contribution in [0.4, 0.5) is 0 Å². The van der Waals surface area contributed by atoms with E-state index in [1.54, 1.807) is 12.3 Å². The summed E-state index contributed by atoms with van der Waals surface area (Å²) < 4.78 is 5.31. The zero-order valence-electron chi connectivity index (χ0n) is 12.0. The van der Waals surface area contributed by atoms with E-state index < -0.39 is 12.0 Å². The Bertz CT molecular complexity index is 611. The number of furan rings is 1. The van der Waals surface area contributed by atoms with Gasteiger partial charge in [-0.2, -0.15) is 0 Å². The van der Waals surface area contributed by atoms with Crippen molar-refractivity contribution in [3.05, 3.63) is 30.2 Å². The van der Waals surface area contributed by atoms with Crippen molar-refractivity contribution in [1.29, 1.82) is 0 Å². The third kappa shape index (κ3) is 2.34.